The summed E-state index contributed by atoms with van der Waals surface area (Å²) in [6, 6.07) is 12.4. The van der Waals surface area contributed by atoms with E-state index in [1.165, 1.54) is 5.56 Å². The average molecular weight is 261 g/mol. The van der Waals surface area contributed by atoms with Gasteiger partial charge in [0, 0.05) is 12.4 Å². The van der Waals surface area contributed by atoms with E-state index in [1.54, 1.807) is 12.4 Å². The van der Waals surface area contributed by atoms with E-state index < -0.39 is 0 Å². The number of rotatable bonds is 5. The Morgan fingerprint density at radius 1 is 1.11 bits per heavy atom. The molecule has 2 aromatic rings. The third kappa shape index (κ3) is 3.56. The topological polar surface area (TPSA) is 38.9 Å². The van der Waals surface area contributed by atoms with E-state index in [0.717, 1.165) is 23.4 Å². The predicted molar refractivity (Wildman–Crippen MR) is 75.6 cm³/mol. The number of benzene rings is 1. The monoisotopic (exact) mass is 260 g/mol. The van der Waals surface area contributed by atoms with E-state index in [0.29, 0.717) is 12.5 Å². The van der Waals surface area contributed by atoms with E-state index in [4.69, 9.17) is 17.3 Å². The van der Waals surface area contributed by atoms with Crippen LogP contribution >= 0.6 is 11.6 Å². The quantitative estimate of drug-likeness (QED) is 0.897. The van der Waals surface area contributed by atoms with E-state index in [-0.39, 0.29) is 0 Å². The zero-order valence-electron chi connectivity index (χ0n) is 10.2. The van der Waals surface area contributed by atoms with Gasteiger partial charge in [0.25, 0.3) is 0 Å². The Bertz CT molecular complexity index is 485. The highest BCUT2D eigenvalue weighted by atomic mass is 35.5. The Balaban J connectivity index is 2.04. The second-order valence-corrected chi connectivity index (χ2v) is 4.87. The highest BCUT2D eigenvalue weighted by Crippen LogP contribution is 2.19. The lowest BCUT2D eigenvalue weighted by atomic mass is 9.93. The van der Waals surface area contributed by atoms with Crippen molar-refractivity contribution in [3.05, 3.63) is 64.9 Å². The summed E-state index contributed by atoms with van der Waals surface area (Å²) in [5.74, 6) is 0.410. The Kier molecular flexibility index (Phi) is 4.73. The molecule has 0 saturated heterocycles. The molecule has 2 nitrogen and oxygen atoms in total. The largest absolute Gasteiger partial charge is 0.330 e. The molecule has 0 radical (unpaired) electrons. The summed E-state index contributed by atoms with van der Waals surface area (Å²) in [6.45, 7) is 0.660. The Morgan fingerprint density at radius 2 is 1.89 bits per heavy atom. The molecule has 1 aromatic heterocycles. The van der Waals surface area contributed by atoms with Crippen molar-refractivity contribution < 1.29 is 0 Å². The number of hydrogen-bond donors (Lipinski definition) is 1. The molecule has 1 atom stereocenters. The molecule has 0 spiro atoms. The zero-order chi connectivity index (χ0) is 12.8. The van der Waals surface area contributed by atoms with Gasteiger partial charge in [0.15, 0.2) is 0 Å². The van der Waals surface area contributed by atoms with Crippen LogP contribution < -0.4 is 5.73 Å². The molecule has 0 bridgehead atoms. The minimum Gasteiger partial charge on any atom is -0.330 e. The highest BCUT2D eigenvalue weighted by molar-refractivity contribution is 6.31. The van der Waals surface area contributed by atoms with E-state index in [2.05, 4.69) is 29.2 Å². The fraction of sp³-hybridized carbons (Fsp3) is 0.267. The van der Waals surface area contributed by atoms with Crippen molar-refractivity contribution in [3.63, 3.8) is 0 Å². The molecule has 0 aliphatic carbocycles. The van der Waals surface area contributed by atoms with Gasteiger partial charge in [0.05, 0.1) is 5.02 Å². The lowest BCUT2D eigenvalue weighted by Crippen LogP contribution is -2.19. The van der Waals surface area contributed by atoms with Crippen LogP contribution in [-0.4, -0.2) is 11.5 Å². The van der Waals surface area contributed by atoms with Gasteiger partial charge in [0.2, 0.25) is 0 Å². The maximum Gasteiger partial charge on any atom is 0.0621 e. The summed E-state index contributed by atoms with van der Waals surface area (Å²) in [5, 5.41) is 0.726. The van der Waals surface area contributed by atoms with Crippen LogP contribution in [0.1, 0.15) is 11.1 Å². The molecule has 0 aliphatic rings. The first-order valence-electron chi connectivity index (χ1n) is 6.12. The van der Waals surface area contributed by atoms with Gasteiger partial charge in [-0.1, -0.05) is 41.9 Å². The Morgan fingerprint density at radius 3 is 2.56 bits per heavy atom. The summed E-state index contributed by atoms with van der Waals surface area (Å²) in [7, 11) is 0. The van der Waals surface area contributed by atoms with Crippen LogP contribution in [0.25, 0.3) is 0 Å². The van der Waals surface area contributed by atoms with Gasteiger partial charge in [-0.25, -0.2) is 0 Å². The van der Waals surface area contributed by atoms with Crippen molar-refractivity contribution >= 4 is 11.6 Å². The minimum atomic E-state index is 0.410. The van der Waals surface area contributed by atoms with Gasteiger partial charge in [-0.3, -0.25) is 4.98 Å². The van der Waals surface area contributed by atoms with Gasteiger partial charge in [-0.05, 0) is 42.5 Å². The first kappa shape index (κ1) is 13.1. The van der Waals surface area contributed by atoms with Gasteiger partial charge >= 0.3 is 0 Å². The van der Waals surface area contributed by atoms with Gasteiger partial charge in [-0.2, -0.15) is 0 Å². The summed E-state index contributed by atoms with van der Waals surface area (Å²) in [6.07, 6.45) is 5.34. The number of nitrogens with zero attached hydrogens (tertiary/aromatic N) is 1. The highest BCUT2D eigenvalue weighted by Gasteiger charge is 2.11. The van der Waals surface area contributed by atoms with Crippen molar-refractivity contribution in [3.8, 4) is 0 Å². The fourth-order valence-electron chi connectivity index (χ4n) is 2.07. The van der Waals surface area contributed by atoms with Gasteiger partial charge < -0.3 is 5.73 Å². The van der Waals surface area contributed by atoms with Crippen LogP contribution in [0.15, 0.2) is 48.8 Å². The zero-order valence-corrected chi connectivity index (χ0v) is 11.0. The average Bonchev–Trinajstić information content (AvgIpc) is 2.41. The maximum atomic E-state index is 6.12. The van der Waals surface area contributed by atoms with Crippen LogP contribution in [0.3, 0.4) is 0 Å². The first-order valence-corrected chi connectivity index (χ1v) is 6.49. The van der Waals surface area contributed by atoms with E-state index in [1.807, 2.05) is 12.1 Å². The van der Waals surface area contributed by atoms with Gasteiger partial charge in [-0.15, -0.1) is 0 Å². The molecule has 2 N–H and O–H groups in total. The third-order valence-corrected chi connectivity index (χ3v) is 3.41. The summed E-state index contributed by atoms with van der Waals surface area (Å²) < 4.78 is 0. The number of pyridine rings is 1. The molecule has 0 saturated carbocycles. The standard InChI is InChI=1S/C15H17ClN2/c16-15-11-18-7-6-14(15)9-13(10-17)8-12-4-2-1-3-5-12/h1-7,11,13H,8-10,17H2. The molecule has 94 valence electrons. The molecule has 0 amide bonds. The maximum absolute atomic E-state index is 6.12. The number of hydrogen-bond acceptors (Lipinski definition) is 2. The van der Waals surface area contributed by atoms with Crippen LogP contribution in [-0.2, 0) is 12.8 Å². The fourth-order valence-corrected chi connectivity index (χ4v) is 2.26. The summed E-state index contributed by atoms with van der Waals surface area (Å²) in [4.78, 5) is 4.00. The van der Waals surface area contributed by atoms with Crippen molar-refractivity contribution in [2.24, 2.45) is 11.7 Å². The van der Waals surface area contributed by atoms with Crippen LogP contribution in [0.2, 0.25) is 5.02 Å². The van der Waals surface area contributed by atoms with Crippen LogP contribution in [0, 0.1) is 5.92 Å². The third-order valence-electron chi connectivity index (χ3n) is 3.07. The minimum absolute atomic E-state index is 0.410. The molecule has 0 aliphatic heterocycles. The van der Waals surface area contributed by atoms with Crippen molar-refractivity contribution in [1.82, 2.24) is 4.98 Å². The second-order valence-electron chi connectivity index (χ2n) is 4.46. The lowest BCUT2D eigenvalue weighted by molar-refractivity contribution is 0.533. The van der Waals surface area contributed by atoms with Crippen LogP contribution in [0.4, 0.5) is 0 Å². The predicted octanol–water partition coefficient (Wildman–Crippen LogP) is 3.10. The van der Waals surface area contributed by atoms with Crippen molar-refractivity contribution in [2.75, 3.05) is 6.54 Å². The molecular formula is C15H17ClN2. The molecule has 1 unspecified atom stereocenters. The number of halogens is 1. The van der Waals surface area contributed by atoms with E-state index >= 15 is 0 Å². The van der Waals surface area contributed by atoms with Gasteiger partial charge in [0.1, 0.15) is 0 Å². The number of nitrogens with two attached hydrogens (primary N) is 1. The second kappa shape index (κ2) is 6.53. The summed E-state index contributed by atoms with van der Waals surface area (Å²) in [5.41, 5.74) is 8.30. The smallest absolute Gasteiger partial charge is 0.0621 e. The van der Waals surface area contributed by atoms with Crippen molar-refractivity contribution in [1.29, 1.82) is 0 Å². The molecule has 2 rings (SSSR count). The molecule has 1 aromatic carbocycles. The first-order chi connectivity index (χ1) is 8.79. The van der Waals surface area contributed by atoms with Crippen molar-refractivity contribution in [2.45, 2.75) is 12.8 Å². The lowest BCUT2D eigenvalue weighted by Gasteiger charge is -2.15. The molecular weight excluding hydrogens is 244 g/mol. The molecule has 3 heteroatoms. The summed E-state index contributed by atoms with van der Waals surface area (Å²) >= 11 is 6.12. The SMILES string of the molecule is NCC(Cc1ccccc1)Cc1ccncc1Cl. The molecule has 18 heavy (non-hydrogen) atoms. The normalized spacial score (nSPS) is 12.3. The van der Waals surface area contributed by atoms with Crippen LogP contribution in [0.5, 0.6) is 0 Å². The molecule has 1 heterocycles. The number of aromatic nitrogens is 1. The molecule has 0 fully saturated rings. The van der Waals surface area contributed by atoms with E-state index in [9.17, 15) is 0 Å². The Labute approximate surface area is 113 Å². The Hall–Kier alpha value is -1.38.